The molecule has 146 valence electrons. The van der Waals surface area contributed by atoms with Gasteiger partial charge in [-0.1, -0.05) is 29.3 Å². The number of hydrogen-bond donors (Lipinski definition) is 0. The monoisotopic (exact) mass is 433 g/mol. The van der Waals surface area contributed by atoms with Gasteiger partial charge in [0, 0.05) is 28.7 Å². The van der Waals surface area contributed by atoms with Crippen LogP contribution < -0.4 is 0 Å². The van der Waals surface area contributed by atoms with E-state index < -0.39 is 21.8 Å². The van der Waals surface area contributed by atoms with E-state index in [9.17, 15) is 17.6 Å². The molecule has 0 amide bonds. The van der Waals surface area contributed by atoms with E-state index in [0.717, 1.165) is 28.6 Å². The van der Waals surface area contributed by atoms with Crippen LogP contribution in [0.5, 0.6) is 0 Å². The second-order valence-corrected chi connectivity index (χ2v) is 8.30. The maximum absolute atomic E-state index is 13.2. The van der Waals surface area contributed by atoms with E-state index in [1.807, 2.05) is 0 Å². The van der Waals surface area contributed by atoms with Gasteiger partial charge >= 0.3 is 5.97 Å². The summed E-state index contributed by atoms with van der Waals surface area (Å²) < 4.78 is 45.1. The molecule has 0 atom stereocenters. The molecule has 2 rings (SSSR count). The Morgan fingerprint density at radius 1 is 1.11 bits per heavy atom. The summed E-state index contributed by atoms with van der Waals surface area (Å²) in [4.78, 5) is 11.6. The zero-order valence-corrected chi connectivity index (χ0v) is 16.8. The Bertz CT molecular complexity index is 884. The minimum Gasteiger partial charge on any atom is -0.466 e. The van der Waals surface area contributed by atoms with Gasteiger partial charge in [0.05, 0.1) is 17.9 Å². The highest BCUT2D eigenvalue weighted by Crippen LogP contribution is 2.28. The summed E-state index contributed by atoms with van der Waals surface area (Å²) in [5, 5.41) is 0.607. The molecule has 0 aliphatic carbocycles. The highest BCUT2D eigenvalue weighted by atomic mass is 35.5. The van der Waals surface area contributed by atoms with Gasteiger partial charge in [-0.15, -0.1) is 0 Å². The second-order valence-electron chi connectivity index (χ2n) is 5.55. The zero-order valence-electron chi connectivity index (χ0n) is 14.5. The van der Waals surface area contributed by atoms with Gasteiger partial charge in [0.2, 0.25) is 10.0 Å². The highest BCUT2D eigenvalue weighted by molar-refractivity contribution is 7.89. The third-order valence-electron chi connectivity index (χ3n) is 3.72. The van der Waals surface area contributed by atoms with Gasteiger partial charge in [0.1, 0.15) is 5.82 Å². The summed E-state index contributed by atoms with van der Waals surface area (Å²) in [7, 11) is -4.02. The largest absolute Gasteiger partial charge is 0.466 e. The van der Waals surface area contributed by atoms with Crippen molar-refractivity contribution in [3.8, 4) is 0 Å². The van der Waals surface area contributed by atoms with Crippen LogP contribution in [0.15, 0.2) is 47.4 Å². The summed E-state index contributed by atoms with van der Waals surface area (Å²) in [6.45, 7) is 1.58. The molecule has 0 saturated heterocycles. The van der Waals surface area contributed by atoms with Crippen LogP contribution in [-0.2, 0) is 26.1 Å². The first-order valence-corrected chi connectivity index (χ1v) is 10.3. The number of benzene rings is 2. The Morgan fingerprint density at radius 3 is 2.26 bits per heavy atom. The van der Waals surface area contributed by atoms with E-state index in [-0.39, 0.29) is 31.0 Å². The summed E-state index contributed by atoms with van der Waals surface area (Å²) in [6.07, 6.45) is -0.143. The maximum atomic E-state index is 13.2. The van der Waals surface area contributed by atoms with Crippen molar-refractivity contribution in [3.05, 3.63) is 63.9 Å². The molecule has 0 aromatic heterocycles. The lowest BCUT2D eigenvalue weighted by Crippen LogP contribution is -2.33. The zero-order chi connectivity index (χ0) is 20.0. The molecule has 0 radical (unpaired) electrons. The molecule has 2 aromatic rings. The molecule has 0 saturated carbocycles. The Hall–Kier alpha value is -1.67. The molecular weight excluding hydrogens is 416 g/mol. The number of halogens is 3. The summed E-state index contributed by atoms with van der Waals surface area (Å²) >= 11 is 12.3. The average Bonchev–Trinajstić information content (AvgIpc) is 2.61. The van der Waals surface area contributed by atoms with Crippen LogP contribution in [-0.4, -0.2) is 31.8 Å². The molecule has 0 unspecified atom stereocenters. The van der Waals surface area contributed by atoms with Gasteiger partial charge in [-0.25, -0.2) is 12.8 Å². The predicted molar refractivity (Wildman–Crippen MR) is 102 cm³/mol. The fourth-order valence-corrected chi connectivity index (χ4v) is 4.27. The Balaban J connectivity index is 2.36. The minimum atomic E-state index is -4.02. The van der Waals surface area contributed by atoms with Crippen LogP contribution >= 0.6 is 23.2 Å². The lowest BCUT2D eigenvalue weighted by atomic mass is 10.2. The Morgan fingerprint density at radius 2 is 1.70 bits per heavy atom. The number of ether oxygens (including phenoxy) is 1. The third kappa shape index (κ3) is 5.65. The highest BCUT2D eigenvalue weighted by Gasteiger charge is 2.27. The fraction of sp³-hybridized carbons (Fsp3) is 0.278. The minimum absolute atomic E-state index is 0.101. The predicted octanol–water partition coefficient (Wildman–Crippen LogP) is 4.28. The number of carbonyl (C=O) groups is 1. The van der Waals surface area contributed by atoms with Crippen molar-refractivity contribution in [2.45, 2.75) is 24.8 Å². The van der Waals surface area contributed by atoms with Crippen molar-refractivity contribution in [3.63, 3.8) is 0 Å². The summed E-state index contributed by atoms with van der Waals surface area (Å²) in [5.41, 5.74) is 0.412. The summed E-state index contributed by atoms with van der Waals surface area (Å²) in [6, 6.07) is 9.27. The molecule has 0 spiro atoms. The molecule has 0 N–H and O–H groups in total. The first-order valence-electron chi connectivity index (χ1n) is 8.10. The third-order valence-corrected chi connectivity index (χ3v) is 6.29. The molecule has 0 aliphatic heterocycles. The molecule has 9 heteroatoms. The Kier molecular flexibility index (Phi) is 7.61. The first kappa shape index (κ1) is 21.6. The number of sulfonamides is 1. The molecule has 0 bridgehead atoms. The summed E-state index contributed by atoms with van der Waals surface area (Å²) in [5.74, 6) is -1.08. The van der Waals surface area contributed by atoms with Gasteiger partial charge in [-0.2, -0.15) is 4.31 Å². The molecule has 5 nitrogen and oxygen atoms in total. The standard InChI is InChI=1S/C18H18Cl2FNO4S/c1-2-26-18(23)10-11-22(12-15-16(19)4-3-5-17(15)20)27(24,25)14-8-6-13(21)7-9-14/h3-9H,2,10-12H2,1H3. The lowest BCUT2D eigenvalue weighted by Gasteiger charge is -2.23. The van der Waals surface area contributed by atoms with E-state index in [4.69, 9.17) is 27.9 Å². The van der Waals surface area contributed by atoms with Gasteiger partial charge in [-0.3, -0.25) is 4.79 Å². The van der Waals surface area contributed by atoms with E-state index in [1.54, 1.807) is 25.1 Å². The Labute approximate surface area is 167 Å². The van der Waals surface area contributed by atoms with E-state index in [2.05, 4.69) is 0 Å². The SMILES string of the molecule is CCOC(=O)CCN(Cc1c(Cl)cccc1Cl)S(=O)(=O)c1ccc(F)cc1. The van der Waals surface area contributed by atoms with Crippen LogP contribution in [0.4, 0.5) is 4.39 Å². The van der Waals surface area contributed by atoms with Crippen molar-refractivity contribution in [2.24, 2.45) is 0 Å². The molecule has 27 heavy (non-hydrogen) atoms. The normalized spacial score (nSPS) is 11.6. The molecular formula is C18H18Cl2FNO4S. The van der Waals surface area contributed by atoms with Crippen molar-refractivity contribution >= 4 is 39.2 Å². The molecule has 2 aromatic carbocycles. The number of rotatable bonds is 8. The van der Waals surface area contributed by atoms with E-state index in [1.165, 1.54) is 0 Å². The van der Waals surface area contributed by atoms with Crippen molar-refractivity contribution in [2.75, 3.05) is 13.2 Å². The topological polar surface area (TPSA) is 63.7 Å². The van der Waals surface area contributed by atoms with E-state index >= 15 is 0 Å². The van der Waals surface area contributed by atoms with E-state index in [0.29, 0.717) is 15.6 Å². The first-order chi connectivity index (χ1) is 12.8. The lowest BCUT2D eigenvalue weighted by molar-refractivity contribution is -0.143. The van der Waals surface area contributed by atoms with Crippen LogP contribution in [0.2, 0.25) is 10.0 Å². The van der Waals surface area contributed by atoms with Gasteiger partial charge in [0.25, 0.3) is 0 Å². The second kappa shape index (κ2) is 9.50. The molecule has 0 heterocycles. The van der Waals surface area contributed by atoms with Crippen LogP contribution in [0.25, 0.3) is 0 Å². The number of nitrogens with zero attached hydrogens (tertiary/aromatic N) is 1. The smallest absolute Gasteiger partial charge is 0.307 e. The number of hydrogen-bond acceptors (Lipinski definition) is 4. The van der Waals surface area contributed by atoms with Crippen molar-refractivity contribution in [1.29, 1.82) is 0 Å². The van der Waals surface area contributed by atoms with Crippen LogP contribution in [0, 0.1) is 5.82 Å². The fourth-order valence-electron chi connectivity index (χ4n) is 2.35. The van der Waals surface area contributed by atoms with Gasteiger partial charge in [-0.05, 0) is 43.3 Å². The average molecular weight is 434 g/mol. The quantitative estimate of drug-likeness (QED) is 0.582. The van der Waals surface area contributed by atoms with Gasteiger partial charge < -0.3 is 4.74 Å². The van der Waals surface area contributed by atoms with Crippen LogP contribution in [0.3, 0.4) is 0 Å². The van der Waals surface area contributed by atoms with Crippen LogP contribution in [0.1, 0.15) is 18.9 Å². The molecule has 0 fully saturated rings. The number of carbonyl (C=O) groups excluding carboxylic acids is 1. The van der Waals surface area contributed by atoms with Crippen molar-refractivity contribution < 1.29 is 22.3 Å². The van der Waals surface area contributed by atoms with Gasteiger partial charge in [0.15, 0.2) is 0 Å². The number of esters is 1. The maximum Gasteiger partial charge on any atom is 0.307 e. The van der Waals surface area contributed by atoms with Crippen molar-refractivity contribution in [1.82, 2.24) is 4.31 Å². The molecule has 0 aliphatic rings.